The highest BCUT2D eigenvalue weighted by Gasteiger charge is 2.25. The van der Waals surface area contributed by atoms with Crippen molar-refractivity contribution in [2.45, 2.75) is 38.3 Å². The van der Waals surface area contributed by atoms with Gasteiger partial charge in [-0.15, -0.1) is 0 Å². The van der Waals surface area contributed by atoms with Crippen LogP contribution in [0.5, 0.6) is 5.75 Å². The highest BCUT2D eigenvalue weighted by molar-refractivity contribution is 5.33. The molecule has 0 saturated carbocycles. The summed E-state index contributed by atoms with van der Waals surface area (Å²) in [6.45, 7) is 4.85. The molecule has 3 nitrogen and oxygen atoms in total. The largest absolute Gasteiger partial charge is 0.496 e. The van der Waals surface area contributed by atoms with Crippen LogP contribution in [0.25, 0.3) is 0 Å². The summed E-state index contributed by atoms with van der Waals surface area (Å²) in [6, 6.07) is 8.16. The molecule has 0 radical (unpaired) electrons. The summed E-state index contributed by atoms with van der Waals surface area (Å²) in [4.78, 5) is 2.40. The van der Waals surface area contributed by atoms with Crippen LogP contribution in [-0.4, -0.2) is 35.8 Å². The second kappa shape index (κ2) is 5.72. The van der Waals surface area contributed by atoms with E-state index in [1.165, 1.54) is 5.56 Å². The Balaban J connectivity index is 2.01. The Labute approximate surface area is 109 Å². The number of hydrogen-bond donors (Lipinski definition) is 1. The maximum atomic E-state index is 10.1. The Kier molecular flexibility index (Phi) is 4.25. The molecule has 0 bridgehead atoms. The Morgan fingerprint density at radius 3 is 2.83 bits per heavy atom. The fraction of sp³-hybridized carbons (Fsp3) is 0.600. The average Bonchev–Trinajstić information content (AvgIpc) is 2.52. The van der Waals surface area contributed by atoms with E-state index in [0.717, 1.165) is 44.6 Å². The van der Waals surface area contributed by atoms with Crippen LogP contribution in [0.1, 0.15) is 31.7 Å². The van der Waals surface area contributed by atoms with Crippen molar-refractivity contribution < 1.29 is 9.84 Å². The first-order chi connectivity index (χ1) is 8.61. The van der Waals surface area contributed by atoms with Gasteiger partial charge < -0.3 is 9.84 Å². The summed E-state index contributed by atoms with van der Waals surface area (Å²) in [5, 5.41) is 10.1. The second-order valence-corrected chi connectivity index (χ2v) is 5.44. The molecule has 1 N–H and O–H groups in total. The summed E-state index contributed by atoms with van der Waals surface area (Å²) in [6.07, 6.45) is 2.81. The number of hydrogen-bond acceptors (Lipinski definition) is 3. The standard InChI is InChI=1S/C15H23NO2/c1-15(17)8-5-10-16(11-9-15)12-13-6-3-4-7-14(13)18-2/h3-4,6-7,17H,5,8-12H2,1-2H3. The Morgan fingerprint density at radius 1 is 1.28 bits per heavy atom. The van der Waals surface area contributed by atoms with Gasteiger partial charge in [0.2, 0.25) is 0 Å². The van der Waals surface area contributed by atoms with Gasteiger partial charge in [-0.2, -0.15) is 0 Å². The van der Waals surface area contributed by atoms with Crippen LogP contribution in [0.2, 0.25) is 0 Å². The number of nitrogens with zero attached hydrogens (tertiary/aromatic N) is 1. The van der Waals surface area contributed by atoms with Gasteiger partial charge >= 0.3 is 0 Å². The molecule has 3 heteroatoms. The Morgan fingerprint density at radius 2 is 2.06 bits per heavy atom. The maximum Gasteiger partial charge on any atom is 0.123 e. The Bertz CT molecular complexity index is 390. The van der Waals surface area contributed by atoms with Crippen molar-refractivity contribution in [2.24, 2.45) is 0 Å². The van der Waals surface area contributed by atoms with Gasteiger partial charge in [0.1, 0.15) is 5.75 Å². The summed E-state index contributed by atoms with van der Waals surface area (Å²) in [7, 11) is 1.71. The second-order valence-electron chi connectivity index (χ2n) is 5.44. The number of benzene rings is 1. The van der Waals surface area contributed by atoms with E-state index in [0.29, 0.717) is 0 Å². The van der Waals surface area contributed by atoms with Crippen molar-refractivity contribution in [1.82, 2.24) is 4.90 Å². The third kappa shape index (κ3) is 3.47. The van der Waals surface area contributed by atoms with Crippen molar-refractivity contribution in [1.29, 1.82) is 0 Å². The molecule has 100 valence electrons. The molecular weight excluding hydrogens is 226 g/mol. The van der Waals surface area contributed by atoms with Crippen LogP contribution >= 0.6 is 0 Å². The van der Waals surface area contributed by atoms with Gasteiger partial charge in [0.25, 0.3) is 0 Å². The highest BCUT2D eigenvalue weighted by Crippen LogP contribution is 2.24. The van der Waals surface area contributed by atoms with Crippen molar-refractivity contribution in [3.8, 4) is 5.75 Å². The van der Waals surface area contributed by atoms with Crippen LogP contribution < -0.4 is 4.74 Å². The van der Waals surface area contributed by atoms with E-state index in [2.05, 4.69) is 11.0 Å². The van der Waals surface area contributed by atoms with Gasteiger partial charge in [-0.05, 0) is 38.8 Å². The molecule has 0 aromatic heterocycles. The van der Waals surface area contributed by atoms with Crippen molar-refractivity contribution in [2.75, 3.05) is 20.2 Å². The van der Waals surface area contributed by atoms with Crippen LogP contribution in [0.4, 0.5) is 0 Å². The number of methoxy groups -OCH3 is 1. The third-order valence-corrected chi connectivity index (χ3v) is 3.74. The lowest BCUT2D eigenvalue weighted by atomic mass is 9.98. The van der Waals surface area contributed by atoms with Gasteiger partial charge in [0, 0.05) is 18.7 Å². The lowest BCUT2D eigenvalue weighted by Crippen LogP contribution is -2.28. The van der Waals surface area contributed by atoms with E-state index >= 15 is 0 Å². The molecule has 1 aromatic rings. The molecular formula is C15H23NO2. The Hall–Kier alpha value is -1.06. The van der Waals surface area contributed by atoms with E-state index in [4.69, 9.17) is 4.74 Å². The van der Waals surface area contributed by atoms with Crippen molar-refractivity contribution in [3.05, 3.63) is 29.8 Å². The van der Waals surface area contributed by atoms with Gasteiger partial charge in [-0.25, -0.2) is 0 Å². The highest BCUT2D eigenvalue weighted by atomic mass is 16.5. The van der Waals surface area contributed by atoms with Crippen LogP contribution in [-0.2, 0) is 6.54 Å². The van der Waals surface area contributed by atoms with E-state index in [1.54, 1.807) is 7.11 Å². The molecule has 1 aromatic carbocycles. The van der Waals surface area contributed by atoms with Crippen molar-refractivity contribution >= 4 is 0 Å². The molecule has 1 aliphatic rings. The fourth-order valence-corrected chi connectivity index (χ4v) is 2.55. The molecule has 1 saturated heterocycles. The molecule has 1 fully saturated rings. The quantitative estimate of drug-likeness (QED) is 0.893. The van der Waals surface area contributed by atoms with Gasteiger partial charge in [-0.1, -0.05) is 18.2 Å². The number of ether oxygens (including phenoxy) is 1. The number of para-hydroxylation sites is 1. The summed E-state index contributed by atoms with van der Waals surface area (Å²) < 4.78 is 5.38. The molecule has 18 heavy (non-hydrogen) atoms. The maximum absolute atomic E-state index is 10.1. The lowest BCUT2D eigenvalue weighted by molar-refractivity contribution is 0.0444. The summed E-state index contributed by atoms with van der Waals surface area (Å²) in [5.74, 6) is 0.952. The molecule has 1 heterocycles. The first-order valence-electron chi connectivity index (χ1n) is 6.67. The summed E-state index contributed by atoms with van der Waals surface area (Å²) in [5.41, 5.74) is 0.733. The van der Waals surface area contributed by atoms with Crippen LogP contribution in [0, 0.1) is 0 Å². The zero-order valence-corrected chi connectivity index (χ0v) is 11.4. The van der Waals surface area contributed by atoms with E-state index < -0.39 is 5.60 Å². The molecule has 1 aliphatic heterocycles. The van der Waals surface area contributed by atoms with Crippen LogP contribution in [0.15, 0.2) is 24.3 Å². The molecule has 1 atom stereocenters. The zero-order chi connectivity index (χ0) is 13.0. The van der Waals surface area contributed by atoms with Gasteiger partial charge in [0.05, 0.1) is 12.7 Å². The third-order valence-electron chi connectivity index (χ3n) is 3.74. The van der Waals surface area contributed by atoms with E-state index in [9.17, 15) is 5.11 Å². The smallest absolute Gasteiger partial charge is 0.123 e. The predicted octanol–water partition coefficient (Wildman–Crippen LogP) is 2.43. The SMILES string of the molecule is COc1ccccc1CN1CCCC(C)(O)CC1. The van der Waals surface area contributed by atoms with Crippen LogP contribution in [0.3, 0.4) is 0 Å². The lowest BCUT2D eigenvalue weighted by Gasteiger charge is -2.23. The molecule has 0 amide bonds. The number of rotatable bonds is 3. The molecule has 0 spiro atoms. The minimum Gasteiger partial charge on any atom is -0.496 e. The van der Waals surface area contributed by atoms with E-state index in [-0.39, 0.29) is 0 Å². The average molecular weight is 249 g/mol. The fourth-order valence-electron chi connectivity index (χ4n) is 2.55. The van der Waals surface area contributed by atoms with Gasteiger partial charge in [0.15, 0.2) is 0 Å². The number of likely N-dealkylation sites (tertiary alicyclic amines) is 1. The minimum atomic E-state index is -0.491. The topological polar surface area (TPSA) is 32.7 Å². The minimum absolute atomic E-state index is 0.491. The predicted molar refractivity (Wildman–Crippen MR) is 72.7 cm³/mol. The van der Waals surface area contributed by atoms with Gasteiger partial charge in [-0.3, -0.25) is 4.90 Å². The molecule has 2 rings (SSSR count). The first kappa shape index (κ1) is 13.4. The zero-order valence-electron chi connectivity index (χ0n) is 11.4. The summed E-state index contributed by atoms with van der Waals surface area (Å²) >= 11 is 0. The molecule has 1 unspecified atom stereocenters. The first-order valence-corrected chi connectivity index (χ1v) is 6.67. The monoisotopic (exact) mass is 249 g/mol. The molecule has 0 aliphatic carbocycles. The van der Waals surface area contributed by atoms with E-state index in [1.807, 2.05) is 25.1 Å². The van der Waals surface area contributed by atoms with Crippen molar-refractivity contribution in [3.63, 3.8) is 0 Å². The normalized spacial score (nSPS) is 25.7. The number of aliphatic hydroxyl groups is 1.